The first-order chi connectivity index (χ1) is 13.0. The lowest BCUT2D eigenvalue weighted by molar-refractivity contribution is 0.0361. The van der Waals surface area contributed by atoms with Crippen molar-refractivity contribution in [1.29, 1.82) is 0 Å². The first kappa shape index (κ1) is 19.9. The SMILES string of the molecule is Cc1nc(OCc2ccc(F)cc2F)c(Br)c(=O)n1CCN1CCOCC1. The van der Waals surface area contributed by atoms with Crippen LogP contribution in [0.2, 0.25) is 0 Å². The zero-order valence-electron chi connectivity index (χ0n) is 14.9. The third kappa shape index (κ3) is 4.91. The Balaban J connectivity index is 1.71. The number of ether oxygens (including phenoxy) is 2. The molecule has 6 nitrogen and oxygen atoms in total. The Morgan fingerprint density at radius 3 is 2.70 bits per heavy atom. The van der Waals surface area contributed by atoms with E-state index in [2.05, 4.69) is 25.8 Å². The molecule has 0 unspecified atom stereocenters. The molecule has 3 rings (SSSR count). The summed E-state index contributed by atoms with van der Waals surface area (Å²) in [7, 11) is 0. The molecule has 0 radical (unpaired) electrons. The van der Waals surface area contributed by atoms with E-state index in [0.717, 1.165) is 31.8 Å². The van der Waals surface area contributed by atoms with Crippen LogP contribution in [-0.2, 0) is 17.9 Å². The van der Waals surface area contributed by atoms with Gasteiger partial charge in [0.15, 0.2) is 0 Å². The molecule has 0 spiro atoms. The molecule has 1 aliphatic heterocycles. The average molecular weight is 444 g/mol. The third-order valence-corrected chi connectivity index (χ3v) is 5.08. The van der Waals surface area contributed by atoms with Gasteiger partial charge in [0.25, 0.3) is 5.56 Å². The molecule has 0 atom stereocenters. The Morgan fingerprint density at radius 2 is 2.00 bits per heavy atom. The minimum Gasteiger partial charge on any atom is -0.472 e. The van der Waals surface area contributed by atoms with E-state index < -0.39 is 11.6 Å². The predicted molar refractivity (Wildman–Crippen MR) is 98.9 cm³/mol. The number of halogens is 3. The summed E-state index contributed by atoms with van der Waals surface area (Å²) in [4.78, 5) is 19.2. The van der Waals surface area contributed by atoms with Crippen LogP contribution in [0.15, 0.2) is 27.5 Å². The smallest absolute Gasteiger partial charge is 0.271 e. The van der Waals surface area contributed by atoms with E-state index >= 15 is 0 Å². The van der Waals surface area contributed by atoms with E-state index in [4.69, 9.17) is 9.47 Å². The van der Waals surface area contributed by atoms with E-state index in [1.165, 1.54) is 6.07 Å². The van der Waals surface area contributed by atoms with Gasteiger partial charge in [-0.15, -0.1) is 0 Å². The number of hydrogen-bond acceptors (Lipinski definition) is 5. The Hall–Kier alpha value is -1.84. The molecule has 9 heteroatoms. The lowest BCUT2D eigenvalue weighted by Gasteiger charge is -2.27. The van der Waals surface area contributed by atoms with Gasteiger partial charge in [0.1, 0.15) is 28.5 Å². The van der Waals surface area contributed by atoms with Crippen LogP contribution in [0.5, 0.6) is 5.88 Å². The Morgan fingerprint density at radius 1 is 1.26 bits per heavy atom. The summed E-state index contributed by atoms with van der Waals surface area (Å²) in [5.74, 6) is -0.772. The van der Waals surface area contributed by atoms with Gasteiger partial charge in [0.05, 0.1) is 13.2 Å². The maximum atomic E-state index is 13.7. The number of rotatable bonds is 6. The summed E-state index contributed by atoms with van der Waals surface area (Å²) >= 11 is 3.23. The predicted octanol–water partition coefficient (Wildman–Crippen LogP) is 2.50. The number of aryl methyl sites for hydroxylation is 1. The van der Waals surface area contributed by atoms with Crippen molar-refractivity contribution in [3.8, 4) is 5.88 Å². The molecule has 1 aliphatic rings. The van der Waals surface area contributed by atoms with Crippen LogP contribution in [-0.4, -0.2) is 47.3 Å². The van der Waals surface area contributed by atoms with Gasteiger partial charge < -0.3 is 9.47 Å². The Kier molecular flexibility index (Phi) is 6.56. The molecule has 2 heterocycles. The van der Waals surface area contributed by atoms with Gasteiger partial charge >= 0.3 is 0 Å². The molecule has 146 valence electrons. The fraction of sp³-hybridized carbons (Fsp3) is 0.444. The largest absolute Gasteiger partial charge is 0.472 e. The van der Waals surface area contributed by atoms with Crippen molar-refractivity contribution >= 4 is 15.9 Å². The molecule has 1 aromatic heterocycles. The highest BCUT2D eigenvalue weighted by atomic mass is 79.9. The van der Waals surface area contributed by atoms with Crippen molar-refractivity contribution in [3.63, 3.8) is 0 Å². The van der Waals surface area contributed by atoms with Crippen LogP contribution < -0.4 is 10.3 Å². The first-order valence-corrected chi connectivity index (χ1v) is 9.39. The van der Waals surface area contributed by atoms with Crippen molar-refractivity contribution in [3.05, 3.63) is 56.0 Å². The molecule has 0 N–H and O–H groups in total. The van der Waals surface area contributed by atoms with Crippen LogP contribution >= 0.6 is 15.9 Å². The number of morpholine rings is 1. The monoisotopic (exact) mass is 443 g/mol. The fourth-order valence-electron chi connectivity index (χ4n) is 2.82. The average Bonchev–Trinajstić information content (AvgIpc) is 2.65. The highest BCUT2D eigenvalue weighted by Gasteiger charge is 2.16. The van der Waals surface area contributed by atoms with Gasteiger partial charge in [-0.1, -0.05) is 0 Å². The van der Waals surface area contributed by atoms with E-state index in [1.54, 1.807) is 11.5 Å². The summed E-state index contributed by atoms with van der Waals surface area (Å²) in [5, 5.41) is 0. The second-order valence-electron chi connectivity index (χ2n) is 6.21. The molecular formula is C18H20BrF2N3O3. The van der Waals surface area contributed by atoms with Crippen molar-refractivity contribution in [2.75, 3.05) is 32.8 Å². The molecule has 2 aromatic rings. The second-order valence-corrected chi connectivity index (χ2v) is 7.01. The number of hydrogen-bond donors (Lipinski definition) is 0. The first-order valence-electron chi connectivity index (χ1n) is 8.59. The molecule has 0 aliphatic carbocycles. The summed E-state index contributed by atoms with van der Waals surface area (Å²) < 4.78 is 39.3. The van der Waals surface area contributed by atoms with Gasteiger partial charge in [0, 0.05) is 37.8 Å². The van der Waals surface area contributed by atoms with E-state index in [-0.39, 0.29) is 28.1 Å². The van der Waals surface area contributed by atoms with Gasteiger partial charge in [-0.2, -0.15) is 4.98 Å². The standard InChI is InChI=1S/C18H20BrF2N3O3/c1-12-22-17(27-11-13-2-3-14(20)10-15(13)21)16(19)18(25)24(12)5-4-23-6-8-26-9-7-23/h2-3,10H,4-9,11H2,1H3. The summed E-state index contributed by atoms with van der Waals surface area (Å²) in [6.45, 7) is 5.86. The Labute approximate surface area is 163 Å². The van der Waals surface area contributed by atoms with Gasteiger partial charge in [-0.25, -0.2) is 8.78 Å². The minimum absolute atomic E-state index is 0.0869. The van der Waals surface area contributed by atoms with Crippen molar-refractivity contribution < 1.29 is 18.3 Å². The van der Waals surface area contributed by atoms with Crippen molar-refractivity contribution in [2.45, 2.75) is 20.1 Å². The molecule has 1 saturated heterocycles. The minimum atomic E-state index is -0.707. The lowest BCUT2D eigenvalue weighted by atomic mass is 10.2. The molecule has 0 amide bonds. The molecule has 27 heavy (non-hydrogen) atoms. The zero-order chi connectivity index (χ0) is 19.4. The van der Waals surface area contributed by atoms with E-state index in [9.17, 15) is 13.6 Å². The van der Waals surface area contributed by atoms with Crippen LogP contribution in [0, 0.1) is 18.6 Å². The number of aromatic nitrogens is 2. The van der Waals surface area contributed by atoms with Crippen LogP contribution in [0.25, 0.3) is 0 Å². The second kappa shape index (κ2) is 8.90. The van der Waals surface area contributed by atoms with Gasteiger partial charge in [0.2, 0.25) is 5.88 Å². The highest BCUT2D eigenvalue weighted by Crippen LogP contribution is 2.21. The summed E-state index contributed by atoms with van der Waals surface area (Å²) in [6, 6.07) is 3.24. The maximum absolute atomic E-state index is 13.7. The van der Waals surface area contributed by atoms with Crippen molar-refractivity contribution in [2.24, 2.45) is 0 Å². The molecule has 1 fully saturated rings. The third-order valence-electron chi connectivity index (χ3n) is 4.40. The normalized spacial score (nSPS) is 15.1. The van der Waals surface area contributed by atoms with Crippen molar-refractivity contribution in [1.82, 2.24) is 14.5 Å². The molecule has 0 bridgehead atoms. The summed E-state index contributed by atoms with van der Waals surface area (Å²) in [6.07, 6.45) is 0. The van der Waals surface area contributed by atoms with Crippen LogP contribution in [0.1, 0.15) is 11.4 Å². The lowest BCUT2D eigenvalue weighted by Crippen LogP contribution is -2.39. The summed E-state index contributed by atoms with van der Waals surface area (Å²) in [5.41, 5.74) is -0.0791. The maximum Gasteiger partial charge on any atom is 0.271 e. The zero-order valence-corrected chi connectivity index (χ0v) is 16.5. The topological polar surface area (TPSA) is 56.6 Å². The number of benzene rings is 1. The Bertz CT molecular complexity index is 870. The quantitative estimate of drug-likeness (QED) is 0.686. The van der Waals surface area contributed by atoms with Crippen LogP contribution in [0.3, 0.4) is 0 Å². The molecule has 1 aromatic carbocycles. The van der Waals surface area contributed by atoms with Crippen LogP contribution in [0.4, 0.5) is 8.78 Å². The highest BCUT2D eigenvalue weighted by molar-refractivity contribution is 9.10. The number of nitrogens with zero attached hydrogens (tertiary/aromatic N) is 3. The molecule has 0 saturated carbocycles. The van der Waals surface area contributed by atoms with E-state index in [1.807, 2.05) is 0 Å². The van der Waals surface area contributed by atoms with Gasteiger partial charge in [-0.3, -0.25) is 14.3 Å². The van der Waals surface area contributed by atoms with E-state index in [0.29, 0.717) is 25.6 Å². The molecular weight excluding hydrogens is 424 g/mol. The van der Waals surface area contributed by atoms with Gasteiger partial charge in [-0.05, 0) is 35.0 Å². The fourth-order valence-corrected chi connectivity index (χ4v) is 3.24.